The number of hydrogen-bond donors (Lipinski definition) is 0. The van der Waals surface area contributed by atoms with Crippen molar-refractivity contribution < 1.29 is 13.2 Å². The van der Waals surface area contributed by atoms with Crippen LogP contribution in [0.2, 0.25) is 0 Å². The van der Waals surface area contributed by atoms with Crippen molar-refractivity contribution in [1.29, 1.82) is 0 Å². The van der Waals surface area contributed by atoms with Gasteiger partial charge in [0.25, 0.3) is 5.91 Å². The van der Waals surface area contributed by atoms with Crippen LogP contribution in [-0.2, 0) is 9.84 Å². The molecule has 1 atom stereocenters. The van der Waals surface area contributed by atoms with Gasteiger partial charge in [-0.2, -0.15) is 11.8 Å². The molecule has 21 heavy (non-hydrogen) atoms. The van der Waals surface area contributed by atoms with E-state index in [1.165, 1.54) is 11.2 Å². The minimum absolute atomic E-state index is 0.181. The molecular formula is C14H19NO3S3. The molecule has 7 heteroatoms. The van der Waals surface area contributed by atoms with Crippen LogP contribution >= 0.6 is 23.5 Å². The Morgan fingerprint density at radius 3 is 2.76 bits per heavy atom. The van der Waals surface area contributed by atoms with Gasteiger partial charge >= 0.3 is 0 Å². The molecular weight excluding hydrogens is 326 g/mol. The van der Waals surface area contributed by atoms with Gasteiger partial charge in [-0.25, -0.2) is 8.42 Å². The molecule has 1 aromatic carbocycles. The van der Waals surface area contributed by atoms with Gasteiger partial charge in [0, 0.05) is 34.8 Å². The lowest BCUT2D eigenvalue weighted by Crippen LogP contribution is -2.50. The Kier molecular flexibility index (Phi) is 5.27. The van der Waals surface area contributed by atoms with Crippen LogP contribution in [0.1, 0.15) is 15.9 Å². The number of rotatable bonds is 3. The molecule has 0 aliphatic carbocycles. The lowest BCUT2D eigenvalue weighted by atomic mass is 10.1. The zero-order valence-electron chi connectivity index (χ0n) is 12.3. The number of nitrogens with zero attached hydrogens (tertiary/aromatic N) is 1. The Hall–Kier alpha value is -0.660. The van der Waals surface area contributed by atoms with Crippen molar-refractivity contribution in [1.82, 2.24) is 4.90 Å². The number of hydrogen-bond acceptors (Lipinski definition) is 5. The van der Waals surface area contributed by atoms with E-state index in [1.54, 1.807) is 23.5 Å². The van der Waals surface area contributed by atoms with Crippen molar-refractivity contribution in [3.8, 4) is 0 Å². The van der Waals surface area contributed by atoms with Crippen LogP contribution in [0.25, 0.3) is 0 Å². The number of benzene rings is 1. The SMILES string of the molecule is CSc1ccc(C)c(C(=O)N2CCSC[C@@H]2S(C)(=O)=O)c1. The first-order chi connectivity index (χ1) is 9.84. The molecule has 1 amide bonds. The van der Waals surface area contributed by atoms with Gasteiger partial charge < -0.3 is 4.90 Å². The lowest BCUT2D eigenvalue weighted by Gasteiger charge is -2.34. The van der Waals surface area contributed by atoms with Crippen LogP contribution in [0.5, 0.6) is 0 Å². The predicted octanol–water partition coefficient (Wildman–Crippen LogP) is 2.28. The monoisotopic (exact) mass is 345 g/mol. The van der Waals surface area contributed by atoms with Gasteiger partial charge in [0.1, 0.15) is 5.37 Å². The summed E-state index contributed by atoms with van der Waals surface area (Å²) in [4.78, 5) is 15.3. The largest absolute Gasteiger partial charge is 0.320 e. The second-order valence-electron chi connectivity index (χ2n) is 5.04. The van der Waals surface area contributed by atoms with Gasteiger partial charge in [-0.1, -0.05) is 6.07 Å². The van der Waals surface area contributed by atoms with Crippen LogP contribution in [-0.4, -0.2) is 55.2 Å². The molecule has 2 rings (SSSR count). The Morgan fingerprint density at radius 1 is 1.43 bits per heavy atom. The predicted molar refractivity (Wildman–Crippen MR) is 90.0 cm³/mol. The van der Waals surface area contributed by atoms with E-state index in [0.717, 1.165) is 16.2 Å². The highest BCUT2D eigenvalue weighted by Crippen LogP contribution is 2.25. The van der Waals surface area contributed by atoms with Crippen LogP contribution in [0.3, 0.4) is 0 Å². The van der Waals surface area contributed by atoms with Gasteiger partial charge in [-0.3, -0.25) is 4.79 Å². The Morgan fingerprint density at radius 2 is 2.14 bits per heavy atom. The number of carbonyl (C=O) groups is 1. The minimum atomic E-state index is -3.28. The van der Waals surface area contributed by atoms with Crippen LogP contribution in [0.4, 0.5) is 0 Å². The highest BCUT2D eigenvalue weighted by atomic mass is 32.2. The lowest BCUT2D eigenvalue weighted by molar-refractivity contribution is 0.0748. The number of thioether (sulfide) groups is 2. The molecule has 1 aliphatic heterocycles. The van der Waals surface area contributed by atoms with Gasteiger partial charge in [-0.05, 0) is 30.9 Å². The Labute approximate surface area is 134 Å². The molecule has 0 bridgehead atoms. The summed E-state index contributed by atoms with van der Waals surface area (Å²) in [6, 6.07) is 5.73. The second-order valence-corrected chi connectivity index (χ2v) is 9.27. The third-order valence-corrected chi connectivity index (χ3v) is 6.88. The molecule has 1 aliphatic rings. The summed E-state index contributed by atoms with van der Waals surface area (Å²) >= 11 is 3.15. The maximum absolute atomic E-state index is 12.8. The standard InChI is InChI=1S/C14H19NO3S3/c1-10-4-5-11(19-2)8-12(10)14(16)15-6-7-20-9-13(15)21(3,17)18/h4-5,8,13H,6-7,9H2,1-3H3/t13-/m0/s1. The number of amides is 1. The summed E-state index contributed by atoms with van der Waals surface area (Å²) in [5, 5.41) is -0.721. The van der Waals surface area contributed by atoms with E-state index >= 15 is 0 Å². The van der Waals surface area contributed by atoms with Gasteiger partial charge in [0.15, 0.2) is 9.84 Å². The zero-order chi connectivity index (χ0) is 15.6. The van der Waals surface area contributed by atoms with E-state index in [9.17, 15) is 13.2 Å². The average Bonchev–Trinajstić information content (AvgIpc) is 2.46. The Bertz CT molecular complexity index is 643. The summed E-state index contributed by atoms with van der Waals surface area (Å²) in [7, 11) is -3.28. The van der Waals surface area contributed by atoms with E-state index in [0.29, 0.717) is 17.9 Å². The maximum atomic E-state index is 12.8. The maximum Gasteiger partial charge on any atom is 0.255 e. The van der Waals surface area contributed by atoms with Crippen LogP contribution in [0.15, 0.2) is 23.1 Å². The third-order valence-electron chi connectivity index (χ3n) is 3.51. The van der Waals surface area contributed by atoms with Gasteiger partial charge in [0.2, 0.25) is 0 Å². The highest BCUT2D eigenvalue weighted by Gasteiger charge is 2.35. The summed E-state index contributed by atoms with van der Waals surface area (Å²) in [6.45, 7) is 2.36. The van der Waals surface area contributed by atoms with Gasteiger partial charge in [0.05, 0.1) is 0 Å². The fourth-order valence-corrected chi connectivity index (χ4v) is 5.54. The van der Waals surface area contributed by atoms with Crippen molar-refractivity contribution in [2.45, 2.75) is 17.2 Å². The highest BCUT2D eigenvalue weighted by molar-refractivity contribution is 8.00. The smallest absolute Gasteiger partial charge is 0.255 e. The second kappa shape index (κ2) is 6.62. The van der Waals surface area contributed by atoms with Crippen molar-refractivity contribution in [3.63, 3.8) is 0 Å². The molecule has 0 N–H and O–H groups in total. The summed E-state index contributed by atoms with van der Waals surface area (Å²) in [5.41, 5.74) is 1.48. The quantitative estimate of drug-likeness (QED) is 0.787. The zero-order valence-corrected chi connectivity index (χ0v) is 14.8. The molecule has 0 radical (unpaired) electrons. The third kappa shape index (κ3) is 3.76. The Balaban J connectivity index is 2.37. The van der Waals surface area contributed by atoms with Gasteiger partial charge in [-0.15, -0.1) is 11.8 Å². The molecule has 0 spiro atoms. The van der Waals surface area contributed by atoms with Crippen molar-refractivity contribution in [2.24, 2.45) is 0 Å². The fourth-order valence-electron chi connectivity index (χ4n) is 2.28. The summed E-state index contributed by atoms with van der Waals surface area (Å²) in [5.74, 6) is 1.05. The molecule has 4 nitrogen and oxygen atoms in total. The first-order valence-corrected chi connectivity index (χ1v) is 10.9. The molecule has 0 saturated carbocycles. The molecule has 1 aromatic rings. The normalized spacial score (nSPS) is 19.6. The first kappa shape index (κ1) is 16.7. The summed E-state index contributed by atoms with van der Waals surface area (Å²) < 4.78 is 23.9. The van der Waals surface area contributed by atoms with Crippen molar-refractivity contribution in [2.75, 3.05) is 30.6 Å². The minimum Gasteiger partial charge on any atom is -0.320 e. The molecule has 1 saturated heterocycles. The topological polar surface area (TPSA) is 54.5 Å². The van der Waals surface area contributed by atoms with E-state index in [4.69, 9.17) is 0 Å². The van der Waals surface area contributed by atoms with E-state index in [1.807, 2.05) is 31.4 Å². The van der Waals surface area contributed by atoms with Crippen molar-refractivity contribution >= 4 is 39.3 Å². The first-order valence-electron chi connectivity index (χ1n) is 6.57. The molecule has 1 heterocycles. The molecule has 0 aromatic heterocycles. The number of carbonyl (C=O) groups excluding carboxylic acids is 1. The molecule has 0 unspecified atom stereocenters. The van der Waals surface area contributed by atoms with Crippen LogP contribution < -0.4 is 0 Å². The molecule has 116 valence electrons. The van der Waals surface area contributed by atoms with E-state index < -0.39 is 15.2 Å². The summed E-state index contributed by atoms with van der Waals surface area (Å²) in [6.07, 6.45) is 3.16. The molecule has 1 fully saturated rings. The fraction of sp³-hybridized carbons (Fsp3) is 0.500. The average molecular weight is 346 g/mol. The van der Waals surface area contributed by atoms with E-state index in [-0.39, 0.29) is 5.91 Å². The van der Waals surface area contributed by atoms with Crippen LogP contribution in [0, 0.1) is 6.92 Å². The number of aryl methyl sites for hydroxylation is 1. The van der Waals surface area contributed by atoms with Crippen molar-refractivity contribution in [3.05, 3.63) is 29.3 Å². The number of sulfone groups is 1. The van der Waals surface area contributed by atoms with E-state index in [2.05, 4.69) is 0 Å².